The lowest BCUT2D eigenvalue weighted by atomic mass is 10.2. The van der Waals surface area contributed by atoms with Crippen molar-refractivity contribution in [1.29, 1.82) is 5.26 Å². The van der Waals surface area contributed by atoms with Crippen molar-refractivity contribution < 1.29 is 19.0 Å². The molecule has 0 saturated carbocycles. The van der Waals surface area contributed by atoms with E-state index in [0.717, 1.165) is 19.4 Å². The number of carbonyl (C=O) groups excluding carboxylic acids is 1. The van der Waals surface area contributed by atoms with Gasteiger partial charge in [0.1, 0.15) is 24.2 Å². The Hall–Kier alpha value is -2.55. The van der Waals surface area contributed by atoms with Gasteiger partial charge in [-0.2, -0.15) is 5.26 Å². The van der Waals surface area contributed by atoms with Crippen molar-refractivity contribution in [2.75, 3.05) is 19.8 Å². The van der Waals surface area contributed by atoms with Crippen LogP contribution in [0.4, 0.5) is 0 Å². The zero-order chi connectivity index (χ0) is 18.8. The lowest BCUT2D eigenvalue weighted by Crippen LogP contribution is -2.09. The van der Waals surface area contributed by atoms with E-state index < -0.39 is 5.97 Å². The summed E-state index contributed by atoms with van der Waals surface area (Å²) in [5.74, 6) is 0.422. The number of hydrogen-bond donors (Lipinski definition) is 0. The molecule has 0 saturated heterocycles. The average molecular weight is 374 g/mol. The summed E-state index contributed by atoms with van der Waals surface area (Å²) in [6.45, 7) is 3.84. The highest BCUT2D eigenvalue weighted by molar-refractivity contribution is 6.31. The van der Waals surface area contributed by atoms with Crippen LogP contribution in [0.25, 0.3) is 0 Å². The third-order valence-electron chi connectivity index (χ3n) is 3.50. The Labute approximate surface area is 158 Å². The van der Waals surface area contributed by atoms with Crippen LogP contribution >= 0.6 is 11.6 Å². The van der Waals surface area contributed by atoms with Gasteiger partial charge in [0.25, 0.3) is 0 Å². The van der Waals surface area contributed by atoms with Crippen molar-refractivity contribution in [1.82, 2.24) is 0 Å². The van der Waals surface area contributed by atoms with E-state index in [1.165, 1.54) is 18.2 Å². The van der Waals surface area contributed by atoms with Gasteiger partial charge in [0.15, 0.2) is 0 Å². The molecule has 0 unspecified atom stereocenters. The van der Waals surface area contributed by atoms with Gasteiger partial charge in [0.05, 0.1) is 22.8 Å². The standard InChI is InChI=1S/C20H20ClNO4/c1-2-3-10-24-11-12-25-17-7-4-15(5-8-17)20(23)26-18-9-6-16(14-22)19(21)13-18/h4-9,13H,2-3,10-12H2,1H3. The van der Waals surface area contributed by atoms with Crippen LogP contribution < -0.4 is 9.47 Å². The Morgan fingerprint density at radius 3 is 2.46 bits per heavy atom. The molecule has 2 aromatic carbocycles. The molecular weight excluding hydrogens is 354 g/mol. The van der Waals surface area contributed by atoms with E-state index in [9.17, 15) is 4.79 Å². The minimum absolute atomic E-state index is 0.239. The largest absolute Gasteiger partial charge is 0.491 e. The van der Waals surface area contributed by atoms with E-state index in [2.05, 4.69) is 6.92 Å². The van der Waals surface area contributed by atoms with E-state index in [0.29, 0.717) is 30.1 Å². The van der Waals surface area contributed by atoms with Crippen molar-refractivity contribution in [3.8, 4) is 17.6 Å². The summed E-state index contributed by atoms with van der Waals surface area (Å²) in [7, 11) is 0. The molecule has 0 aliphatic heterocycles. The first-order chi connectivity index (χ1) is 12.6. The second kappa shape index (κ2) is 10.4. The highest BCUT2D eigenvalue weighted by Gasteiger charge is 2.10. The van der Waals surface area contributed by atoms with Crippen molar-refractivity contribution in [2.45, 2.75) is 19.8 Å². The van der Waals surface area contributed by atoms with Gasteiger partial charge in [-0.3, -0.25) is 0 Å². The second-order valence-electron chi connectivity index (χ2n) is 5.48. The van der Waals surface area contributed by atoms with Gasteiger partial charge in [-0.05, 0) is 42.8 Å². The highest BCUT2D eigenvalue weighted by atomic mass is 35.5. The molecule has 0 atom stereocenters. The highest BCUT2D eigenvalue weighted by Crippen LogP contribution is 2.23. The molecular formula is C20H20ClNO4. The smallest absolute Gasteiger partial charge is 0.343 e. The Kier molecular flexibility index (Phi) is 7.94. The SMILES string of the molecule is CCCCOCCOc1ccc(C(=O)Oc2ccc(C#N)c(Cl)c2)cc1. The van der Waals surface area contributed by atoms with Crippen molar-refractivity contribution >= 4 is 17.6 Å². The molecule has 6 heteroatoms. The number of nitriles is 1. The predicted molar refractivity (Wildman–Crippen MR) is 98.8 cm³/mol. The molecule has 0 aromatic heterocycles. The fourth-order valence-corrected chi connectivity index (χ4v) is 2.28. The Bertz CT molecular complexity index is 768. The maximum Gasteiger partial charge on any atom is 0.343 e. The van der Waals surface area contributed by atoms with Crippen LogP contribution in [0.1, 0.15) is 35.7 Å². The third kappa shape index (κ3) is 6.07. The first-order valence-electron chi connectivity index (χ1n) is 8.36. The van der Waals surface area contributed by atoms with Crippen LogP contribution in [0.15, 0.2) is 42.5 Å². The van der Waals surface area contributed by atoms with Gasteiger partial charge in [-0.15, -0.1) is 0 Å². The van der Waals surface area contributed by atoms with E-state index in [4.69, 9.17) is 31.1 Å². The number of benzene rings is 2. The molecule has 0 fully saturated rings. The topological polar surface area (TPSA) is 68.6 Å². The first kappa shape index (κ1) is 19.8. The van der Waals surface area contributed by atoms with Gasteiger partial charge in [0, 0.05) is 12.7 Å². The molecule has 26 heavy (non-hydrogen) atoms. The number of esters is 1. The van der Waals surface area contributed by atoms with Gasteiger partial charge in [0.2, 0.25) is 0 Å². The molecule has 5 nitrogen and oxygen atoms in total. The summed E-state index contributed by atoms with van der Waals surface area (Å²) in [6.07, 6.45) is 2.15. The second-order valence-corrected chi connectivity index (χ2v) is 5.89. The summed E-state index contributed by atoms with van der Waals surface area (Å²) >= 11 is 5.93. The fraction of sp³-hybridized carbons (Fsp3) is 0.300. The monoisotopic (exact) mass is 373 g/mol. The van der Waals surface area contributed by atoms with Gasteiger partial charge in [-0.25, -0.2) is 4.79 Å². The average Bonchev–Trinajstić information content (AvgIpc) is 2.65. The summed E-state index contributed by atoms with van der Waals surface area (Å²) in [4.78, 5) is 12.2. The van der Waals surface area contributed by atoms with E-state index in [-0.39, 0.29) is 10.8 Å². The number of halogens is 1. The van der Waals surface area contributed by atoms with Crippen molar-refractivity contribution in [3.63, 3.8) is 0 Å². The quantitative estimate of drug-likeness (QED) is 0.364. The number of ether oxygens (including phenoxy) is 3. The molecule has 0 spiro atoms. The van der Waals surface area contributed by atoms with Crippen LogP contribution in [-0.2, 0) is 4.74 Å². The number of unbranched alkanes of at least 4 members (excludes halogenated alkanes) is 1. The number of hydrogen-bond acceptors (Lipinski definition) is 5. The van der Waals surface area contributed by atoms with E-state index in [1.807, 2.05) is 6.07 Å². The number of rotatable bonds is 9. The predicted octanol–water partition coefficient (Wildman–Crippen LogP) is 4.63. The first-order valence-corrected chi connectivity index (χ1v) is 8.74. The molecule has 0 heterocycles. The van der Waals surface area contributed by atoms with Crippen molar-refractivity contribution in [3.05, 3.63) is 58.6 Å². The normalized spacial score (nSPS) is 10.2. The Balaban J connectivity index is 1.84. The zero-order valence-corrected chi connectivity index (χ0v) is 15.3. The van der Waals surface area contributed by atoms with Crippen LogP contribution in [-0.4, -0.2) is 25.8 Å². The van der Waals surface area contributed by atoms with Crippen LogP contribution in [0.3, 0.4) is 0 Å². The molecule has 0 aliphatic carbocycles. The summed E-state index contributed by atoms with van der Waals surface area (Å²) in [5.41, 5.74) is 0.712. The zero-order valence-electron chi connectivity index (χ0n) is 14.5. The minimum Gasteiger partial charge on any atom is -0.491 e. The van der Waals surface area contributed by atoms with Gasteiger partial charge >= 0.3 is 5.97 Å². The maximum atomic E-state index is 12.2. The summed E-state index contributed by atoms with van der Waals surface area (Å²) in [5, 5.41) is 9.09. The molecule has 136 valence electrons. The third-order valence-corrected chi connectivity index (χ3v) is 3.81. The lowest BCUT2D eigenvalue weighted by molar-refractivity contribution is 0.0734. The molecule has 0 N–H and O–H groups in total. The summed E-state index contributed by atoms with van der Waals surface area (Å²) in [6, 6.07) is 13.1. The molecule has 0 aliphatic rings. The molecule has 0 bridgehead atoms. The Morgan fingerprint density at radius 2 is 1.81 bits per heavy atom. The molecule has 2 aromatic rings. The van der Waals surface area contributed by atoms with Crippen LogP contribution in [0.2, 0.25) is 5.02 Å². The number of nitrogens with zero attached hydrogens (tertiary/aromatic N) is 1. The fourth-order valence-electron chi connectivity index (χ4n) is 2.07. The van der Waals surface area contributed by atoms with Gasteiger partial charge < -0.3 is 14.2 Å². The molecule has 2 rings (SSSR count). The van der Waals surface area contributed by atoms with Crippen molar-refractivity contribution in [2.24, 2.45) is 0 Å². The van der Waals surface area contributed by atoms with E-state index >= 15 is 0 Å². The number of carbonyl (C=O) groups is 1. The van der Waals surface area contributed by atoms with Crippen LogP contribution in [0, 0.1) is 11.3 Å². The molecule has 0 radical (unpaired) electrons. The van der Waals surface area contributed by atoms with Crippen LogP contribution in [0.5, 0.6) is 11.5 Å². The Morgan fingerprint density at radius 1 is 1.08 bits per heavy atom. The minimum atomic E-state index is -0.514. The summed E-state index contributed by atoms with van der Waals surface area (Å²) < 4.78 is 16.2. The molecule has 0 amide bonds. The van der Waals surface area contributed by atoms with Gasteiger partial charge in [-0.1, -0.05) is 24.9 Å². The maximum absolute atomic E-state index is 12.2. The lowest BCUT2D eigenvalue weighted by Gasteiger charge is -2.08. The van der Waals surface area contributed by atoms with E-state index in [1.54, 1.807) is 24.3 Å².